The first-order valence-corrected chi connectivity index (χ1v) is 12.1. The predicted octanol–water partition coefficient (Wildman–Crippen LogP) is 2.72. The van der Waals surface area contributed by atoms with Crippen molar-refractivity contribution < 1.29 is 0 Å². The second-order valence-corrected chi connectivity index (χ2v) is 9.67. The average Bonchev–Trinajstić information content (AvgIpc) is 3.20. The van der Waals surface area contributed by atoms with Gasteiger partial charge in [0.1, 0.15) is 0 Å². The van der Waals surface area contributed by atoms with Crippen LogP contribution >= 0.6 is 0 Å². The number of aromatic amines is 1. The summed E-state index contributed by atoms with van der Waals surface area (Å²) in [5.74, 6) is 0.736. The summed E-state index contributed by atoms with van der Waals surface area (Å²) in [6.07, 6.45) is 0. The van der Waals surface area contributed by atoms with Gasteiger partial charge in [0.05, 0.1) is 6.54 Å². The van der Waals surface area contributed by atoms with E-state index < -0.39 is 11.2 Å². The molecule has 35 heavy (non-hydrogen) atoms. The van der Waals surface area contributed by atoms with Crippen LogP contribution in [-0.4, -0.2) is 50.2 Å². The molecule has 3 heterocycles. The maximum Gasteiger partial charge on any atom is 0.329 e. The molecule has 1 N–H and O–H groups in total. The monoisotopic (exact) mass is 472 g/mol. The minimum Gasteiger partial charge on any atom is -0.340 e. The molecule has 8 heteroatoms. The third-order valence-electron chi connectivity index (χ3n) is 6.96. The number of hydrogen-bond acceptors (Lipinski definition) is 5. The zero-order valence-electron chi connectivity index (χ0n) is 20.8. The zero-order chi connectivity index (χ0) is 24.7. The van der Waals surface area contributed by atoms with Crippen molar-refractivity contribution in [1.29, 1.82) is 0 Å². The quantitative estimate of drug-likeness (QED) is 0.483. The van der Waals surface area contributed by atoms with Crippen molar-refractivity contribution in [2.75, 3.05) is 31.1 Å². The van der Waals surface area contributed by atoms with Gasteiger partial charge in [0.15, 0.2) is 11.2 Å². The van der Waals surface area contributed by atoms with Gasteiger partial charge in [0, 0.05) is 39.8 Å². The van der Waals surface area contributed by atoms with E-state index in [1.807, 2.05) is 10.6 Å². The van der Waals surface area contributed by atoms with E-state index in [2.05, 4.69) is 72.0 Å². The molecule has 0 amide bonds. The van der Waals surface area contributed by atoms with E-state index >= 15 is 0 Å². The van der Waals surface area contributed by atoms with Gasteiger partial charge in [-0.15, -0.1) is 0 Å². The Kier molecular flexibility index (Phi) is 6.06. The normalized spacial score (nSPS) is 14.7. The molecule has 0 unspecified atom stereocenters. The number of anilines is 1. The maximum atomic E-state index is 12.9. The van der Waals surface area contributed by atoms with Crippen LogP contribution in [0.1, 0.15) is 27.8 Å². The Balaban J connectivity index is 1.46. The molecule has 1 aliphatic heterocycles. The molecule has 0 bridgehead atoms. The highest BCUT2D eigenvalue weighted by molar-refractivity contribution is 5.74. The summed E-state index contributed by atoms with van der Waals surface area (Å²) in [5.41, 5.74) is 6.22. The summed E-state index contributed by atoms with van der Waals surface area (Å²) < 4.78 is 3.38. The molecule has 1 aliphatic rings. The van der Waals surface area contributed by atoms with Crippen molar-refractivity contribution in [2.45, 2.75) is 33.9 Å². The number of aryl methyl sites for hydroxylation is 4. The van der Waals surface area contributed by atoms with Crippen molar-refractivity contribution >= 4 is 17.1 Å². The lowest BCUT2D eigenvalue weighted by Crippen LogP contribution is -2.47. The molecular formula is C27H32N6O2. The van der Waals surface area contributed by atoms with Crippen LogP contribution in [0, 0.1) is 20.8 Å². The van der Waals surface area contributed by atoms with Crippen molar-refractivity contribution in [3.05, 3.63) is 91.1 Å². The molecule has 8 nitrogen and oxygen atoms in total. The van der Waals surface area contributed by atoms with E-state index in [1.165, 1.54) is 21.3 Å². The molecule has 0 atom stereocenters. The number of aromatic nitrogens is 4. The first-order valence-electron chi connectivity index (χ1n) is 12.1. The highest BCUT2D eigenvalue weighted by Gasteiger charge is 2.25. The third kappa shape index (κ3) is 4.53. The van der Waals surface area contributed by atoms with Crippen LogP contribution in [0.3, 0.4) is 0 Å². The lowest BCUT2D eigenvalue weighted by molar-refractivity contribution is 0.248. The van der Waals surface area contributed by atoms with E-state index in [4.69, 9.17) is 4.98 Å². The standard InChI is InChI=1S/C27H32N6O2/c1-18-6-5-7-21(14-18)16-33-23-24(30(4)27(35)29-25(23)34)28-26(33)32-12-10-31(11-13-32)17-22-15-19(2)8-9-20(22)3/h5-9,14-15H,10-13,16-17H2,1-4H3,(H,29,34,35). The van der Waals surface area contributed by atoms with Gasteiger partial charge in [0.25, 0.3) is 5.56 Å². The fraction of sp³-hybridized carbons (Fsp3) is 0.370. The molecule has 0 spiro atoms. The highest BCUT2D eigenvalue weighted by Crippen LogP contribution is 2.23. The number of fused-ring (bicyclic) bond motifs is 1. The molecule has 182 valence electrons. The summed E-state index contributed by atoms with van der Waals surface area (Å²) in [6.45, 7) is 11.2. The van der Waals surface area contributed by atoms with Crippen molar-refractivity contribution in [3.8, 4) is 0 Å². The fourth-order valence-corrected chi connectivity index (χ4v) is 4.92. The molecule has 2 aromatic carbocycles. The number of imidazole rings is 1. The molecule has 1 fully saturated rings. The Hall–Kier alpha value is -3.65. The summed E-state index contributed by atoms with van der Waals surface area (Å²) in [5, 5.41) is 0. The molecular weight excluding hydrogens is 440 g/mol. The fourth-order valence-electron chi connectivity index (χ4n) is 4.92. The topological polar surface area (TPSA) is 79.2 Å². The number of H-pyrrole nitrogens is 1. The average molecular weight is 473 g/mol. The van der Waals surface area contributed by atoms with Crippen molar-refractivity contribution in [2.24, 2.45) is 7.05 Å². The highest BCUT2D eigenvalue weighted by atomic mass is 16.2. The Morgan fingerprint density at radius 2 is 1.66 bits per heavy atom. The van der Waals surface area contributed by atoms with Gasteiger partial charge in [-0.2, -0.15) is 4.98 Å². The van der Waals surface area contributed by atoms with Gasteiger partial charge in [-0.1, -0.05) is 53.6 Å². The smallest absolute Gasteiger partial charge is 0.329 e. The van der Waals surface area contributed by atoms with Crippen LogP contribution in [0.25, 0.3) is 11.2 Å². The van der Waals surface area contributed by atoms with Crippen molar-refractivity contribution in [3.63, 3.8) is 0 Å². The van der Waals surface area contributed by atoms with E-state index in [9.17, 15) is 9.59 Å². The van der Waals surface area contributed by atoms with E-state index in [1.54, 1.807) is 7.05 Å². The van der Waals surface area contributed by atoms with Crippen LogP contribution in [0.5, 0.6) is 0 Å². The number of benzene rings is 2. The second kappa shape index (κ2) is 9.19. The van der Waals surface area contributed by atoms with E-state index in [-0.39, 0.29) is 0 Å². The minimum absolute atomic E-state index is 0.400. The summed E-state index contributed by atoms with van der Waals surface area (Å²) >= 11 is 0. The van der Waals surface area contributed by atoms with E-state index in [0.29, 0.717) is 17.7 Å². The number of rotatable bonds is 5. The van der Waals surface area contributed by atoms with Crippen molar-refractivity contribution in [1.82, 2.24) is 24.0 Å². The second-order valence-electron chi connectivity index (χ2n) is 9.67. The largest absolute Gasteiger partial charge is 0.340 e. The first-order chi connectivity index (χ1) is 16.8. The molecule has 5 rings (SSSR count). The summed E-state index contributed by atoms with van der Waals surface area (Å²) in [6, 6.07) is 14.9. The summed E-state index contributed by atoms with van der Waals surface area (Å²) in [7, 11) is 1.65. The number of hydrogen-bond donors (Lipinski definition) is 1. The Labute approximate surface area is 204 Å². The molecule has 0 aliphatic carbocycles. The predicted molar refractivity (Wildman–Crippen MR) is 139 cm³/mol. The van der Waals surface area contributed by atoms with Gasteiger partial charge in [-0.3, -0.25) is 23.8 Å². The Morgan fingerprint density at radius 3 is 2.40 bits per heavy atom. The Morgan fingerprint density at radius 1 is 0.914 bits per heavy atom. The van der Waals surface area contributed by atoms with Crippen LogP contribution in [0.2, 0.25) is 0 Å². The van der Waals surface area contributed by atoms with Gasteiger partial charge >= 0.3 is 5.69 Å². The van der Waals surface area contributed by atoms with Crippen LogP contribution in [0.4, 0.5) is 5.95 Å². The zero-order valence-corrected chi connectivity index (χ0v) is 20.8. The molecule has 4 aromatic rings. The summed E-state index contributed by atoms with van der Waals surface area (Å²) in [4.78, 5) is 37.1. The third-order valence-corrected chi connectivity index (χ3v) is 6.96. The van der Waals surface area contributed by atoms with Gasteiger partial charge in [-0.05, 0) is 37.5 Å². The van der Waals surface area contributed by atoms with Crippen LogP contribution < -0.4 is 16.1 Å². The Bertz CT molecular complexity index is 1500. The molecule has 1 saturated heterocycles. The van der Waals surface area contributed by atoms with Gasteiger partial charge in [-0.25, -0.2) is 4.79 Å². The molecule has 0 saturated carbocycles. The van der Waals surface area contributed by atoms with Gasteiger partial charge < -0.3 is 4.90 Å². The molecule has 2 aromatic heterocycles. The number of nitrogens with zero attached hydrogens (tertiary/aromatic N) is 5. The lowest BCUT2D eigenvalue weighted by Gasteiger charge is -2.35. The lowest BCUT2D eigenvalue weighted by atomic mass is 10.0. The number of piperazine rings is 1. The van der Waals surface area contributed by atoms with E-state index in [0.717, 1.165) is 49.8 Å². The number of nitrogens with one attached hydrogen (secondary N) is 1. The SMILES string of the molecule is Cc1cccc(Cn2c(N3CCN(Cc4cc(C)ccc4C)CC3)nc3c2c(=O)[nH]c(=O)n3C)c1. The first kappa shape index (κ1) is 23.1. The minimum atomic E-state index is -0.451. The van der Waals surface area contributed by atoms with Crippen LogP contribution in [0.15, 0.2) is 52.1 Å². The maximum absolute atomic E-state index is 12.9. The van der Waals surface area contributed by atoms with Crippen LogP contribution in [-0.2, 0) is 20.1 Å². The van der Waals surface area contributed by atoms with Gasteiger partial charge in [0.2, 0.25) is 5.95 Å². The molecule has 0 radical (unpaired) electrons.